The number of para-hydroxylation sites is 1. The second-order valence-electron chi connectivity index (χ2n) is 3.82. The normalized spacial score (nSPS) is 14.7. The van der Waals surface area contributed by atoms with Crippen molar-refractivity contribution >= 4 is 18.0 Å². The highest BCUT2D eigenvalue weighted by Crippen LogP contribution is 2.07. The molecule has 0 unspecified atom stereocenters. The van der Waals surface area contributed by atoms with Crippen molar-refractivity contribution in [2.75, 3.05) is 6.54 Å². The van der Waals surface area contributed by atoms with Gasteiger partial charge in [0.15, 0.2) is 0 Å². The number of rotatable bonds is 5. The van der Waals surface area contributed by atoms with Gasteiger partial charge in [0.05, 0.1) is 11.9 Å². The predicted octanol–water partition coefficient (Wildman–Crippen LogP) is -0.940. The van der Waals surface area contributed by atoms with E-state index in [1.165, 1.54) is 0 Å². The van der Waals surface area contributed by atoms with Gasteiger partial charge in [0.25, 0.3) is 0 Å². The molecule has 17 heavy (non-hydrogen) atoms. The van der Waals surface area contributed by atoms with Gasteiger partial charge in [-0.2, -0.15) is 0 Å². The first-order valence-electron chi connectivity index (χ1n) is 5.26. The SMILES string of the molecule is O=CN[C@@H](CC1=c2ccccc2=NC1)C(=O)O. The molecule has 1 amide bonds. The summed E-state index contributed by atoms with van der Waals surface area (Å²) < 4.78 is 0. The van der Waals surface area contributed by atoms with Gasteiger partial charge in [-0.25, -0.2) is 4.79 Å². The Kier molecular flexibility index (Phi) is 3.18. The zero-order chi connectivity index (χ0) is 12.3. The van der Waals surface area contributed by atoms with Crippen LogP contribution in [0.2, 0.25) is 0 Å². The van der Waals surface area contributed by atoms with Crippen molar-refractivity contribution in [1.82, 2.24) is 5.32 Å². The Hall–Kier alpha value is -2.17. The lowest BCUT2D eigenvalue weighted by Crippen LogP contribution is -2.37. The van der Waals surface area contributed by atoms with Crippen LogP contribution in [0.15, 0.2) is 29.3 Å². The first-order chi connectivity index (χ1) is 8.22. The van der Waals surface area contributed by atoms with E-state index in [9.17, 15) is 9.59 Å². The van der Waals surface area contributed by atoms with E-state index in [-0.39, 0.29) is 6.42 Å². The minimum absolute atomic E-state index is 0.286. The van der Waals surface area contributed by atoms with E-state index in [1.54, 1.807) is 0 Å². The number of fused-ring (bicyclic) bond motifs is 1. The lowest BCUT2D eigenvalue weighted by atomic mass is 10.0. The van der Waals surface area contributed by atoms with E-state index < -0.39 is 12.0 Å². The minimum Gasteiger partial charge on any atom is -0.480 e. The highest BCUT2D eigenvalue weighted by atomic mass is 16.4. The lowest BCUT2D eigenvalue weighted by molar-refractivity contribution is -0.140. The Morgan fingerprint density at radius 2 is 2.29 bits per heavy atom. The van der Waals surface area contributed by atoms with Crippen molar-refractivity contribution in [3.63, 3.8) is 0 Å². The third-order valence-electron chi connectivity index (χ3n) is 2.74. The van der Waals surface area contributed by atoms with Crippen molar-refractivity contribution in [3.05, 3.63) is 34.8 Å². The molecule has 2 N–H and O–H groups in total. The molecule has 0 radical (unpaired) electrons. The number of aliphatic carboxylic acids is 1. The molecule has 0 aliphatic carbocycles. The summed E-state index contributed by atoms with van der Waals surface area (Å²) in [6.45, 7) is 0.504. The van der Waals surface area contributed by atoms with Gasteiger partial charge in [0.2, 0.25) is 6.41 Å². The largest absolute Gasteiger partial charge is 0.480 e. The zero-order valence-electron chi connectivity index (χ0n) is 9.09. The molecule has 0 bridgehead atoms. The maximum atomic E-state index is 10.9. The van der Waals surface area contributed by atoms with Gasteiger partial charge in [-0.05, 0) is 11.6 Å². The van der Waals surface area contributed by atoms with Crippen molar-refractivity contribution in [2.45, 2.75) is 12.5 Å². The van der Waals surface area contributed by atoms with E-state index in [1.807, 2.05) is 24.3 Å². The molecule has 2 rings (SSSR count). The number of carbonyl (C=O) groups is 2. The third-order valence-corrected chi connectivity index (χ3v) is 2.74. The van der Waals surface area contributed by atoms with Gasteiger partial charge in [-0.1, -0.05) is 18.2 Å². The average molecular weight is 232 g/mol. The van der Waals surface area contributed by atoms with Crippen LogP contribution in [0, 0.1) is 0 Å². The number of carbonyl (C=O) groups excluding carboxylic acids is 1. The summed E-state index contributed by atoms with van der Waals surface area (Å²) >= 11 is 0. The summed E-state index contributed by atoms with van der Waals surface area (Å²) in [7, 11) is 0. The summed E-state index contributed by atoms with van der Waals surface area (Å²) in [5.41, 5.74) is 0.947. The molecule has 0 saturated heterocycles. The molecule has 1 atom stereocenters. The van der Waals surface area contributed by atoms with Crippen molar-refractivity contribution in [2.24, 2.45) is 4.99 Å². The maximum absolute atomic E-state index is 10.9. The number of hydrogen-bond donors (Lipinski definition) is 2. The minimum atomic E-state index is -1.03. The first-order valence-corrected chi connectivity index (χ1v) is 5.26. The van der Waals surface area contributed by atoms with Crippen LogP contribution in [0.4, 0.5) is 0 Å². The van der Waals surface area contributed by atoms with E-state index in [4.69, 9.17) is 5.11 Å². The van der Waals surface area contributed by atoms with Gasteiger partial charge < -0.3 is 10.4 Å². The van der Waals surface area contributed by atoms with Crippen LogP contribution >= 0.6 is 0 Å². The summed E-state index contributed by atoms with van der Waals surface area (Å²) in [4.78, 5) is 25.6. The maximum Gasteiger partial charge on any atom is 0.326 e. The summed E-state index contributed by atoms with van der Waals surface area (Å²) in [5, 5.41) is 13.1. The number of carboxylic acids is 1. The van der Waals surface area contributed by atoms with Gasteiger partial charge in [0, 0.05) is 11.6 Å². The molecule has 0 saturated carbocycles. The molecular formula is C12H12N2O3. The third kappa shape index (κ3) is 2.33. The molecular weight excluding hydrogens is 220 g/mol. The highest BCUT2D eigenvalue weighted by Gasteiger charge is 2.19. The number of benzene rings is 1. The predicted molar refractivity (Wildman–Crippen MR) is 60.7 cm³/mol. The Balaban J connectivity index is 2.29. The quantitative estimate of drug-likeness (QED) is 0.643. The van der Waals surface area contributed by atoms with Crippen LogP contribution in [0.25, 0.3) is 5.57 Å². The molecule has 1 aliphatic rings. The van der Waals surface area contributed by atoms with Gasteiger partial charge >= 0.3 is 5.97 Å². The molecule has 0 fully saturated rings. The van der Waals surface area contributed by atoms with Crippen molar-refractivity contribution in [3.8, 4) is 0 Å². The van der Waals surface area contributed by atoms with E-state index in [0.717, 1.165) is 16.1 Å². The molecule has 5 heteroatoms. The van der Waals surface area contributed by atoms with Gasteiger partial charge in [0.1, 0.15) is 6.04 Å². The zero-order valence-corrected chi connectivity index (χ0v) is 9.09. The molecule has 1 aromatic carbocycles. The van der Waals surface area contributed by atoms with Gasteiger partial charge in [-0.15, -0.1) is 0 Å². The van der Waals surface area contributed by atoms with Crippen LogP contribution < -0.4 is 15.9 Å². The topological polar surface area (TPSA) is 78.8 Å². The highest BCUT2D eigenvalue weighted by molar-refractivity contribution is 5.78. The lowest BCUT2D eigenvalue weighted by Gasteiger charge is -2.11. The van der Waals surface area contributed by atoms with E-state index >= 15 is 0 Å². The number of hydrogen-bond acceptors (Lipinski definition) is 3. The van der Waals surface area contributed by atoms with Crippen LogP contribution in [0.1, 0.15) is 6.42 Å². The number of nitrogens with one attached hydrogen (secondary N) is 1. The molecule has 5 nitrogen and oxygen atoms in total. The number of amides is 1. The molecule has 0 spiro atoms. The smallest absolute Gasteiger partial charge is 0.326 e. The fourth-order valence-electron chi connectivity index (χ4n) is 1.90. The molecule has 88 valence electrons. The van der Waals surface area contributed by atoms with E-state index in [2.05, 4.69) is 10.3 Å². The van der Waals surface area contributed by atoms with Gasteiger partial charge in [-0.3, -0.25) is 9.79 Å². The van der Waals surface area contributed by atoms with Crippen LogP contribution in [0.5, 0.6) is 0 Å². The summed E-state index contributed by atoms with van der Waals surface area (Å²) in [5.74, 6) is -1.03. The van der Waals surface area contributed by atoms with Crippen molar-refractivity contribution in [1.29, 1.82) is 0 Å². The Morgan fingerprint density at radius 1 is 1.53 bits per heavy atom. The summed E-state index contributed by atoms with van der Waals surface area (Å²) in [6.07, 6.45) is 0.700. The first kappa shape index (κ1) is 11.3. The second-order valence-corrected chi connectivity index (χ2v) is 3.82. The van der Waals surface area contributed by atoms with Crippen LogP contribution in [0.3, 0.4) is 0 Å². The monoisotopic (exact) mass is 232 g/mol. The average Bonchev–Trinajstić information content (AvgIpc) is 2.72. The molecule has 0 aromatic heterocycles. The summed E-state index contributed by atoms with van der Waals surface area (Å²) in [6, 6.07) is 6.71. The Morgan fingerprint density at radius 3 is 3.00 bits per heavy atom. The number of nitrogens with zero attached hydrogens (tertiary/aromatic N) is 1. The van der Waals surface area contributed by atoms with Crippen LogP contribution in [-0.2, 0) is 9.59 Å². The standard InChI is InChI=1S/C12H12N2O3/c15-7-14-11(12(16)17)5-8-6-13-10-4-2-1-3-9(8)10/h1-4,7,11H,5-6H2,(H,14,15)(H,16,17)/t11-/m0/s1. The molecule has 1 aliphatic heterocycles. The van der Waals surface area contributed by atoms with Crippen molar-refractivity contribution < 1.29 is 14.7 Å². The van der Waals surface area contributed by atoms with Crippen LogP contribution in [-0.4, -0.2) is 30.1 Å². The molecule has 1 aromatic rings. The fourth-order valence-corrected chi connectivity index (χ4v) is 1.90. The second kappa shape index (κ2) is 4.78. The fraction of sp³-hybridized carbons (Fsp3) is 0.250. The molecule has 1 heterocycles. The Labute approximate surface area is 97.5 Å². The Bertz CT molecular complexity index is 565. The van der Waals surface area contributed by atoms with E-state index in [0.29, 0.717) is 13.0 Å². The number of carboxylic acid groups (broad SMARTS) is 1.